The Morgan fingerprint density at radius 3 is 2.25 bits per heavy atom. The lowest BCUT2D eigenvalue weighted by Crippen LogP contribution is -2.22. The van der Waals surface area contributed by atoms with Crippen molar-refractivity contribution < 1.29 is 18.0 Å². The lowest BCUT2D eigenvalue weighted by atomic mass is 10.1. The Hall–Kier alpha value is -1.72. The van der Waals surface area contributed by atoms with Gasteiger partial charge in [-0.15, -0.1) is 5.69 Å². The molecule has 0 heterocycles. The van der Waals surface area contributed by atoms with E-state index in [0.717, 1.165) is 17.0 Å². The quantitative estimate of drug-likeness (QED) is 0.732. The standard InChI is InChI=1S/C10H10F3N2O/c1-15(2)9(16)6-3-7(10(11,12)13)5-8(14)4-6/h3-5,14H,1-2H3/q-1. The molecule has 0 unspecified atom stereocenters. The van der Waals surface area contributed by atoms with Gasteiger partial charge in [0.05, 0.1) is 5.56 Å². The normalized spacial score (nSPS) is 11.3. The van der Waals surface area contributed by atoms with Crippen LogP contribution >= 0.6 is 0 Å². The number of nitrogens with one attached hydrogen (secondary N) is 1. The smallest absolute Gasteiger partial charge is 0.416 e. The Kier molecular flexibility index (Phi) is 3.11. The number of carbonyl (C=O) groups excluding carboxylic acids is 1. The second-order valence-corrected chi connectivity index (χ2v) is 3.50. The largest absolute Gasteiger partial charge is 0.699 e. The number of hydrogen-bond donors (Lipinski definition) is 0. The molecule has 88 valence electrons. The highest BCUT2D eigenvalue weighted by Crippen LogP contribution is 2.32. The minimum absolute atomic E-state index is 0.134. The lowest BCUT2D eigenvalue weighted by molar-refractivity contribution is -0.137. The van der Waals surface area contributed by atoms with Gasteiger partial charge in [0.15, 0.2) is 0 Å². The fraction of sp³-hybridized carbons (Fsp3) is 0.300. The van der Waals surface area contributed by atoms with Crippen molar-refractivity contribution in [3.8, 4) is 0 Å². The molecular formula is C10H10F3N2O-. The van der Waals surface area contributed by atoms with Crippen LogP contribution in [0.3, 0.4) is 0 Å². The van der Waals surface area contributed by atoms with E-state index in [1.54, 1.807) is 0 Å². The highest BCUT2D eigenvalue weighted by Gasteiger charge is 2.31. The summed E-state index contributed by atoms with van der Waals surface area (Å²) in [6, 6.07) is 2.55. The van der Waals surface area contributed by atoms with Crippen LogP contribution in [-0.4, -0.2) is 24.9 Å². The van der Waals surface area contributed by atoms with Crippen molar-refractivity contribution in [2.75, 3.05) is 14.1 Å². The number of rotatable bonds is 1. The number of halogens is 3. The maximum absolute atomic E-state index is 12.4. The molecular weight excluding hydrogens is 221 g/mol. The first-order valence-electron chi connectivity index (χ1n) is 4.37. The fourth-order valence-corrected chi connectivity index (χ4v) is 1.17. The van der Waals surface area contributed by atoms with E-state index < -0.39 is 17.6 Å². The molecule has 0 aliphatic carbocycles. The fourth-order valence-electron chi connectivity index (χ4n) is 1.17. The Morgan fingerprint density at radius 2 is 1.81 bits per heavy atom. The van der Waals surface area contributed by atoms with Gasteiger partial charge in [-0.05, 0) is 6.07 Å². The Labute approximate surface area is 90.6 Å². The summed E-state index contributed by atoms with van der Waals surface area (Å²) in [4.78, 5) is 12.6. The summed E-state index contributed by atoms with van der Waals surface area (Å²) in [5, 5.41) is 0. The average molecular weight is 231 g/mol. The summed E-state index contributed by atoms with van der Waals surface area (Å²) in [6.07, 6.45) is -4.54. The summed E-state index contributed by atoms with van der Waals surface area (Å²) < 4.78 is 37.2. The molecule has 0 bridgehead atoms. The monoisotopic (exact) mass is 231 g/mol. The Bertz CT molecular complexity index is 413. The van der Waals surface area contributed by atoms with Crippen LogP contribution in [0.1, 0.15) is 15.9 Å². The average Bonchev–Trinajstić information content (AvgIpc) is 2.14. The first-order valence-corrected chi connectivity index (χ1v) is 4.37. The van der Waals surface area contributed by atoms with Crippen LogP contribution in [0, 0.1) is 0 Å². The maximum atomic E-state index is 12.4. The van der Waals surface area contributed by atoms with Crippen molar-refractivity contribution in [3.63, 3.8) is 0 Å². The molecule has 0 aliphatic heterocycles. The molecule has 0 saturated carbocycles. The number of carbonyl (C=O) groups is 1. The van der Waals surface area contributed by atoms with Crippen LogP contribution in [0.4, 0.5) is 18.9 Å². The van der Waals surface area contributed by atoms with Crippen LogP contribution in [0.15, 0.2) is 18.2 Å². The highest BCUT2D eigenvalue weighted by atomic mass is 19.4. The van der Waals surface area contributed by atoms with E-state index in [4.69, 9.17) is 5.73 Å². The van der Waals surface area contributed by atoms with Crippen molar-refractivity contribution >= 4 is 11.6 Å². The molecule has 0 spiro atoms. The van der Waals surface area contributed by atoms with Crippen molar-refractivity contribution in [1.29, 1.82) is 0 Å². The van der Waals surface area contributed by atoms with Gasteiger partial charge in [0.1, 0.15) is 0 Å². The zero-order chi connectivity index (χ0) is 12.5. The van der Waals surface area contributed by atoms with Gasteiger partial charge in [-0.2, -0.15) is 13.2 Å². The molecule has 3 nitrogen and oxygen atoms in total. The van der Waals surface area contributed by atoms with Gasteiger partial charge in [0.2, 0.25) is 0 Å². The van der Waals surface area contributed by atoms with Gasteiger partial charge < -0.3 is 10.6 Å². The van der Waals surface area contributed by atoms with E-state index in [0.29, 0.717) is 6.07 Å². The minimum atomic E-state index is -4.54. The van der Waals surface area contributed by atoms with Crippen molar-refractivity contribution in [2.24, 2.45) is 0 Å². The topological polar surface area (TPSA) is 44.1 Å². The molecule has 0 atom stereocenters. The van der Waals surface area contributed by atoms with Crippen LogP contribution in [0.25, 0.3) is 5.73 Å². The third-order valence-electron chi connectivity index (χ3n) is 1.91. The summed E-state index contributed by atoms with van der Waals surface area (Å²) >= 11 is 0. The van der Waals surface area contributed by atoms with E-state index in [1.807, 2.05) is 0 Å². The van der Waals surface area contributed by atoms with E-state index in [-0.39, 0.29) is 11.3 Å². The molecule has 1 aromatic carbocycles. The maximum Gasteiger partial charge on any atom is 0.416 e. The van der Waals surface area contributed by atoms with E-state index in [2.05, 4.69) is 0 Å². The number of amides is 1. The first-order chi connectivity index (χ1) is 7.21. The van der Waals surface area contributed by atoms with E-state index in [1.165, 1.54) is 14.1 Å². The summed E-state index contributed by atoms with van der Waals surface area (Å²) in [5.41, 5.74) is 5.77. The van der Waals surface area contributed by atoms with E-state index in [9.17, 15) is 18.0 Å². The van der Waals surface area contributed by atoms with Gasteiger partial charge in [0, 0.05) is 19.7 Å². The number of nitrogens with zero attached hydrogens (tertiary/aromatic N) is 1. The first kappa shape index (κ1) is 12.4. The number of alkyl halides is 3. The molecule has 1 amide bonds. The summed E-state index contributed by atoms with van der Waals surface area (Å²) in [7, 11) is 2.87. The molecule has 1 rings (SSSR count). The van der Waals surface area contributed by atoms with Crippen molar-refractivity contribution in [3.05, 3.63) is 35.1 Å². The summed E-state index contributed by atoms with van der Waals surface area (Å²) in [5.74, 6) is -0.556. The molecule has 16 heavy (non-hydrogen) atoms. The Balaban J connectivity index is 3.24. The predicted octanol–water partition coefficient (Wildman–Crippen LogP) is 3.09. The number of benzene rings is 1. The van der Waals surface area contributed by atoms with Crippen LogP contribution < -0.4 is 0 Å². The van der Waals surface area contributed by atoms with Gasteiger partial charge in [-0.25, -0.2) is 0 Å². The van der Waals surface area contributed by atoms with Crippen LogP contribution in [0.5, 0.6) is 0 Å². The minimum Gasteiger partial charge on any atom is -0.699 e. The molecule has 0 saturated heterocycles. The molecule has 1 aromatic rings. The van der Waals surface area contributed by atoms with Gasteiger partial charge in [-0.3, -0.25) is 4.79 Å². The second kappa shape index (κ2) is 4.03. The zero-order valence-electron chi connectivity index (χ0n) is 8.72. The van der Waals surface area contributed by atoms with Gasteiger partial charge in [-0.1, -0.05) is 12.1 Å². The molecule has 0 aromatic heterocycles. The van der Waals surface area contributed by atoms with Crippen molar-refractivity contribution in [1.82, 2.24) is 4.90 Å². The summed E-state index contributed by atoms with van der Waals surface area (Å²) in [6.45, 7) is 0. The van der Waals surface area contributed by atoms with Crippen LogP contribution in [-0.2, 0) is 6.18 Å². The molecule has 0 fully saturated rings. The molecule has 1 N–H and O–H groups in total. The lowest BCUT2D eigenvalue weighted by Gasteiger charge is -2.16. The molecule has 0 aliphatic rings. The second-order valence-electron chi connectivity index (χ2n) is 3.50. The molecule has 0 radical (unpaired) electrons. The zero-order valence-corrected chi connectivity index (χ0v) is 8.72. The third kappa shape index (κ3) is 2.65. The van der Waals surface area contributed by atoms with Crippen LogP contribution in [0.2, 0.25) is 0 Å². The van der Waals surface area contributed by atoms with E-state index >= 15 is 0 Å². The Morgan fingerprint density at radius 1 is 1.25 bits per heavy atom. The highest BCUT2D eigenvalue weighted by molar-refractivity contribution is 5.95. The molecule has 6 heteroatoms. The predicted molar refractivity (Wildman–Crippen MR) is 53.4 cm³/mol. The third-order valence-corrected chi connectivity index (χ3v) is 1.91. The van der Waals surface area contributed by atoms with Gasteiger partial charge in [0.25, 0.3) is 5.91 Å². The van der Waals surface area contributed by atoms with Gasteiger partial charge >= 0.3 is 6.18 Å². The SMILES string of the molecule is CN(C)C(=O)c1cc([NH-])cc(C(F)(F)F)c1. The van der Waals surface area contributed by atoms with Crippen molar-refractivity contribution in [2.45, 2.75) is 6.18 Å². The number of hydrogen-bond acceptors (Lipinski definition) is 1.